The Hall–Kier alpha value is -1.56. The lowest BCUT2D eigenvalue weighted by Gasteiger charge is -2.01. The summed E-state index contributed by atoms with van der Waals surface area (Å²) < 4.78 is 0. The number of hydrogen-bond donors (Lipinski definition) is 0. The standard InChI is InChI=1S/2C9H12.CH4/c2*1-8(2)9-6-4-3-5-7-9;/h2*3-8H,1-2H3;1H4. The van der Waals surface area contributed by atoms with Gasteiger partial charge in [-0.15, -0.1) is 0 Å². The molecule has 0 atom stereocenters. The van der Waals surface area contributed by atoms with Gasteiger partial charge in [0.2, 0.25) is 0 Å². The molecule has 0 aromatic heterocycles. The quantitative estimate of drug-likeness (QED) is 0.595. The molecule has 2 rings (SSSR count). The molecule has 0 saturated heterocycles. The van der Waals surface area contributed by atoms with E-state index in [9.17, 15) is 0 Å². The van der Waals surface area contributed by atoms with Crippen molar-refractivity contribution in [2.75, 3.05) is 0 Å². The third-order valence-corrected chi connectivity index (χ3v) is 2.93. The van der Waals surface area contributed by atoms with Crippen LogP contribution in [0.4, 0.5) is 0 Å². The van der Waals surface area contributed by atoms with Gasteiger partial charge in [-0.3, -0.25) is 0 Å². The Morgan fingerprint density at radius 2 is 0.789 bits per heavy atom. The smallest absolute Gasteiger partial charge is 0.0219 e. The van der Waals surface area contributed by atoms with Crippen LogP contribution in [0, 0.1) is 0 Å². The van der Waals surface area contributed by atoms with Crippen LogP contribution in [0.15, 0.2) is 60.7 Å². The van der Waals surface area contributed by atoms with Crippen LogP contribution in [0.3, 0.4) is 0 Å². The Balaban J connectivity index is 0.000000324. The molecule has 0 nitrogen and oxygen atoms in total. The summed E-state index contributed by atoms with van der Waals surface area (Å²) in [7, 11) is 0. The lowest BCUT2D eigenvalue weighted by molar-refractivity contribution is 0.867. The minimum atomic E-state index is 0. The van der Waals surface area contributed by atoms with Crippen molar-refractivity contribution in [1.29, 1.82) is 0 Å². The second-order valence-electron chi connectivity index (χ2n) is 5.13. The molecule has 0 aliphatic heterocycles. The second-order valence-corrected chi connectivity index (χ2v) is 5.13. The lowest BCUT2D eigenvalue weighted by atomic mass is 10.0. The van der Waals surface area contributed by atoms with E-state index in [-0.39, 0.29) is 7.43 Å². The van der Waals surface area contributed by atoms with E-state index in [1.807, 2.05) is 12.1 Å². The molecule has 2 aromatic carbocycles. The van der Waals surface area contributed by atoms with Crippen molar-refractivity contribution in [2.24, 2.45) is 0 Å². The molecule has 0 heterocycles. The predicted molar refractivity (Wildman–Crippen MR) is 87.8 cm³/mol. The lowest BCUT2D eigenvalue weighted by Crippen LogP contribution is -1.83. The molecule has 0 spiro atoms. The highest BCUT2D eigenvalue weighted by Crippen LogP contribution is 2.12. The summed E-state index contributed by atoms with van der Waals surface area (Å²) in [5.74, 6) is 1.32. The molecule has 0 aliphatic carbocycles. The van der Waals surface area contributed by atoms with Crippen LogP contribution in [0.2, 0.25) is 0 Å². The molecule has 2 aromatic rings. The number of benzene rings is 2. The fourth-order valence-electron chi connectivity index (χ4n) is 1.68. The Morgan fingerprint density at radius 3 is 0.947 bits per heavy atom. The Kier molecular flexibility index (Phi) is 8.61. The molecule has 19 heavy (non-hydrogen) atoms. The molecule has 0 aliphatic rings. The molecule has 0 unspecified atom stereocenters. The molecule has 0 bridgehead atoms. The SMILES string of the molecule is C.CC(C)c1ccccc1.CC(C)c1ccccc1. The minimum absolute atomic E-state index is 0. The van der Waals surface area contributed by atoms with Crippen molar-refractivity contribution in [1.82, 2.24) is 0 Å². The van der Waals surface area contributed by atoms with Gasteiger partial charge in [-0.1, -0.05) is 95.8 Å². The van der Waals surface area contributed by atoms with Gasteiger partial charge in [-0.05, 0) is 23.0 Å². The van der Waals surface area contributed by atoms with Crippen molar-refractivity contribution in [3.63, 3.8) is 0 Å². The van der Waals surface area contributed by atoms with Crippen molar-refractivity contribution in [3.8, 4) is 0 Å². The van der Waals surface area contributed by atoms with E-state index in [0.29, 0.717) is 11.8 Å². The minimum Gasteiger partial charge on any atom is -0.0776 e. The molecule has 0 N–H and O–H groups in total. The topological polar surface area (TPSA) is 0 Å². The Labute approximate surface area is 119 Å². The van der Waals surface area contributed by atoms with E-state index in [1.165, 1.54) is 11.1 Å². The zero-order valence-corrected chi connectivity index (χ0v) is 11.9. The molecule has 0 heteroatoms. The zero-order chi connectivity index (χ0) is 13.4. The van der Waals surface area contributed by atoms with Crippen LogP contribution in [-0.2, 0) is 0 Å². The van der Waals surface area contributed by atoms with Gasteiger partial charge in [-0.25, -0.2) is 0 Å². The van der Waals surface area contributed by atoms with Crippen molar-refractivity contribution >= 4 is 0 Å². The van der Waals surface area contributed by atoms with E-state index in [0.717, 1.165) is 0 Å². The summed E-state index contributed by atoms with van der Waals surface area (Å²) in [4.78, 5) is 0. The van der Waals surface area contributed by atoms with Gasteiger partial charge < -0.3 is 0 Å². The maximum atomic E-state index is 2.20. The maximum Gasteiger partial charge on any atom is -0.0219 e. The first kappa shape index (κ1) is 17.4. The van der Waals surface area contributed by atoms with E-state index >= 15 is 0 Å². The summed E-state index contributed by atoms with van der Waals surface area (Å²) in [5, 5.41) is 0. The average molecular weight is 256 g/mol. The van der Waals surface area contributed by atoms with Gasteiger partial charge in [0.1, 0.15) is 0 Å². The highest BCUT2D eigenvalue weighted by Gasteiger charge is 1.94. The summed E-state index contributed by atoms with van der Waals surface area (Å²) in [6, 6.07) is 21.0. The van der Waals surface area contributed by atoms with E-state index < -0.39 is 0 Å². The monoisotopic (exact) mass is 256 g/mol. The fraction of sp³-hybridized carbons (Fsp3) is 0.368. The summed E-state index contributed by atoms with van der Waals surface area (Å²) in [6.07, 6.45) is 0. The van der Waals surface area contributed by atoms with Gasteiger partial charge in [0.05, 0.1) is 0 Å². The highest BCUT2D eigenvalue weighted by atomic mass is 14.0. The molecular weight excluding hydrogens is 228 g/mol. The van der Waals surface area contributed by atoms with Crippen molar-refractivity contribution < 1.29 is 0 Å². The van der Waals surface area contributed by atoms with Gasteiger partial charge in [0.15, 0.2) is 0 Å². The number of hydrogen-bond acceptors (Lipinski definition) is 0. The summed E-state index contributed by atoms with van der Waals surface area (Å²) >= 11 is 0. The van der Waals surface area contributed by atoms with Crippen molar-refractivity contribution in [2.45, 2.75) is 47.0 Å². The predicted octanol–water partition coefficient (Wildman–Crippen LogP) is 6.26. The third-order valence-electron chi connectivity index (χ3n) is 2.93. The molecular formula is C19H28. The van der Waals surface area contributed by atoms with Gasteiger partial charge in [0, 0.05) is 0 Å². The normalized spacial score (nSPS) is 9.58. The highest BCUT2D eigenvalue weighted by molar-refractivity contribution is 5.18. The van der Waals surface area contributed by atoms with E-state index in [2.05, 4.69) is 76.2 Å². The third kappa shape index (κ3) is 6.81. The summed E-state index contributed by atoms with van der Waals surface area (Å²) in [6.45, 7) is 8.81. The zero-order valence-electron chi connectivity index (χ0n) is 11.9. The van der Waals surface area contributed by atoms with Gasteiger partial charge >= 0.3 is 0 Å². The van der Waals surface area contributed by atoms with Crippen LogP contribution in [0.25, 0.3) is 0 Å². The molecule has 104 valence electrons. The first-order chi connectivity index (χ1) is 8.61. The second kappa shape index (κ2) is 9.38. The van der Waals surface area contributed by atoms with E-state index in [1.54, 1.807) is 0 Å². The van der Waals surface area contributed by atoms with Crippen LogP contribution < -0.4 is 0 Å². The Bertz CT molecular complexity index is 369. The fourth-order valence-corrected chi connectivity index (χ4v) is 1.68. The van der Waals surface area contributed by atoms with Crippen LogP contribution in [-0.4, -0.2) is 0 Å². The van der Waals surface area contributed by atoms with Gasteiger partial charge in [-0.2, -0.15) is 0 Å². The molecule has 0 amide bonds. The molecule has 0 fully saturated rings. The van der Waals surface area contributed by atoms with Gasteiger partial charge in [0.25, 0.3) is 0 Å². The van der Waals surface area contributed by atoms with Crippen LogP contribution >= 0.6 is 0 Å². The first-order valence-corrected chi connectivity index (χ1v) is 6.71. The van der Waals surface area contributed by atoms with E-state index in [4.69, 9.17) is 0 Å². The molecule has 0 radical (unpaired) electrons. The first-order valence-electron chi connectivity index (χ1n) is 6.71. The Morgan fingerprint density at radius 1 is 0.526 bits per heavy atom. The average Bonchev–Trinajstić information content (AvgIpc) is 2.41. The summed E-state index contributed by atoms with van der Waals surface area (Å²) in [5.41, 5.74) is 2.83. The number of rotatable bonds is 2. The maximum absolute atomic E-state index is 2.20. The van der Waals surface area contributed by atoms with Crippen LogP contribution in [0.1, 0.15) is 58.1 Å². The van der Waals surface area contributed by atoms with Crippen LogP contribution in [0.5, 0.6) is 0 Å². The molecule has 0 saturated carbocycles. The largest absolute Gasteiger partial charge is 0.0776 e. The van der Waals surface area contributed by atoms with Crippen molar-refractivity contribution in [3.05, 3.63) is 71.8 Å².